The molecule has 4 nitrogen and oxygen atoms in total. The highest BCUT2D eigenvalue weighted by Crippen LogP contribution is 2.29. The monoisotopic (exact) mass is 323 g/mol. The Morgan fingerprint density at radius 2 is 1.90 bits per heavy atom. The van der Waals surface area contributed by atoms with E-state index in [4.69, 9.17) is 11.6 Å². The first kappa shape index (κ1) is 15.5. The molecular formula is C15H14ClNO3S. The average molecular weight is 324 g/mol. The number of aliphatic carboxylic acids is 1. The fourth-order valence-corrected chi connectivity index (χ4v) is 3.06. The van der Waals surface area contributed by atoms with Gasteiger partial charge in [-0.25, -0.2) is 4.79 Å². The summed E-state index contributed by atoms with van der Waals surface area (Å²) in [5.74, 6) is -1.63. The standard InChI is InChI=1S/C15H14ClNO3S/c1-9-8-21-12(11(9)16)13(18)17-15(2,14(19)20)10-6-4-3-5-7-10/h3-8H,1-2H3,(H,17,18)(H,19,20). The molecular weight excluding hydrogens is 310 g/mol. The van der Waals surface area contributed by atoms with Crippen molar-refractivity contribution in [2.75, 3.05) is 0 Å². The number of hydrogen-bond acceptors (Lipinski definition) is 3. The van der Waals surface area contributed by atoms with E-state index in [0.29, 0.717) is 15.5 Å². The van der Waals surface area contributed by atoms with E-state index in [1.807, 2.05) is 0 Å². The Kier molecular flexibility index (Phi) is 4.34. The molecule has 0 fully saturated rings. The number of halogens is 1. The molecule has 1 aromatic carbocycles. The summed E-state index contributed by atoms with van der Waals surface area (Å²) in [5, 5.41) is 14.2. The highest BCUT2D eigenvalue weighted by molar-refractivity contribution is 7.13. The van der Waals surface area contributed by atoms with Crippen LogP contribution in [0.4, 0.5) is 0 Å². The van der Waals surface area contributed by atoms with Gasteiger partial charge in [-0.3, -0.25) is 4.79 Å². The number of carboxylic acid groups (broad SMARTS) is 1. The quantitative estimate of drug-likeness (QED) is 0.905. The van der Waals surface area contributed by atoms with Crippen molar-refractivity contribution in [3.63, 3.8) is 0 Å². The first-order chi connectivity index (χ1) is 9.86. The van der Waals surface area contributed by atoms with Gasteiger partial charge in [-0.2, -0.15) is 0 Å². The van der Waals surface area contributed by atoms with Crippen LogP contribution in [-0.4, -0.2) is 17.0 Å². The van der Waals surface area contributed by atoms with E-state index in [9.17, 15) is 14.7 Å². The molecule has 21 heavy (non-hydrogen) atoms. The lowest BCUT2D eigenvalue weighted by atomic mass is 9.92. The van der Waals surface area contributed by atoms with Crippen LogP contribution in [0, 0.1) is 6.92 Å². The molecule has 1 heterocycles. The van der Waals surface area contributed by atoms with E-state index in [-0.39, 0.29) is 0 Å². The van der Waals surface area contributed by atoms with Crippen LogP contribution in [0.15, 0.2) is 35.7 Å². The molecule has 1 unspecified atom stereocenters. The minimum atomic E-state index is -1.51. The Morgan fingerprint density at radius 3 is 2.38 bits per heavy atom. The molecule has 6 heteroatoms. The zero-order valence-corrected chi connectivity index (χ0v) is 13.1. The Bertz CT molecular complexity index is 683. The number of carboxylic acids is 1. The Morgan fingerprint density at radius 1 is 1.29 bits per heavy atom. The van der Waals surface area contributed by atoms with Crippen molar-refractivity contribution in [2.45, 2.75) is 19.4 Å². The van der Waals surface area contributed by atoms with Gasteiger partial charge in [0.05, 0.1) is 5.02 Å². The highest BCUT2D eigenvalue weighted by Gasteiger charge is 2.37. The number of nitrogens with one attached hydrogen (secondary N) is 1. The van der Waals surface area contributed by atoms with Crippen LogP contribution in [0.3, 0.4) is 0 Å². The van der Waals surface area contributed by atoms with Gasteiger partial charge in [0.15, 0.2) is 5.54 Å². The molecule has 0 spiro atoms. The van der Waals surface area contributed by atoms with Crippen LogP contribution < -0.4 is 5.32 Å². The smallest absolute Gasteiger partial charge is 0.333 e. The number of amides is 1. The summed E-state index contributed by atoms with van der Waals surface area (Å²) in [5.41, 5.74) is -0.224. The van der Waals surface area contributed by atoms with E-state index < -0.39 is 17.4 Å². The second kappa shape index (κ2) is 5.87. The Hall–Kier alpha value is -1.85. The molecule has 0 aliphatic heterocycles. The zero-order chi connectivity index (χ0) is 15.6. The Balaban J connectivity index is 2.35. The van der Waals surface area contributed by atoms with E-state index >= 15 is 0 Å². The summed E-state index contributed by atoms with van der Waals surface area (Å²) in [4.78, 5) is 24.3. The van der Waals surface area contributed by atoms with Gasteiger partial charge >= 0.3 is 5.97 Å². The summed E-state index contributed by atoms with van der Waals surface area (Å²) in [7, 11) is 0. The minimum Gasteiger partial charge on any atom is -0.479 e. The molecule has 1 aromatic heterocycles. The Labute approximate surface area is 131 Å². The molecule has 110 valence electrons. The van der Waals surface area contributed by atoms with Gasteiger partial charge in [-0.15, -0.1) is 11.3 Å². The summed E-state index contributed by atoms with van der Waals surface area (Å²) in [6.07, 6.45) is 0. The van der Waals surface area contributed by atoms with Gasteiger partial charge < -0.3 is 10.4 Å². The predicted octanol–water partition coefficient (Wildman–Crippen LogP) is 3.44. The van der Waals surface area contributed by atoms with Crippen LogP contribution in [0.25, 0.3) is 0 Å². The maximum atomic E-state index is 12.3. The maximum absolute atomic E-state index is 12.3. The van der Waals surface area contributed by atoms with Gasteiger partial charge in [0.1, 0.15) is 4.88 Å². The maximum Gasteiger partial charge on any atom is 0.333 e. The first-order valence-electron chi connectivity index (χ1n) is 6.21. The molecule has 2 aromatic rings. The molecule has 0 saturated heterocycles. The van der Waals surface area contributed by atoms with Gasteiger partial charge in [-0.1, -0.05) is 41.9 Å². The lowest BCUT2D eigenvalue weighted by Gasteiger charge is -2.26. The molecule has 1 atom stereocenters. The van der Waals surface area contributed by atoms with E-state index in [0.717, 1.165) is 5.56 Å². The van der Waals surface area contributed by atoms with E-state index in [1.165, 1.54) is 18.3 Å². The summed E-state index contributed by atoms with van der Waals surface area (Å²) >= 11 is 7.26. The molecule has 1 amide bonds. The number of hydrogen-bond donors (Lipinski definition) is 2. The van der Waals surface area contributed by atoms with Crippen LogP contribution in [0.2, 0.25) is 5.02 Å². The predicted molar refractivity (Wildman–Crippen MR) is 83.0 cm³/mol. The van der Waals surface area contributed by atoms with Crippen LogP contribution in [0.1, 0.15) is 27.7 Å². The molecule has 0 bridgehead atoms. The van der Waals surface area contributed by atoms with Crippen molar-refractivity contribution in [3.05, 3.63) is 56.7 Å². The topological polar surface area (TPSA) is 66.4 Å². The molecule has 2 N–H and O–H groups in total. The normalized spacial score (nSPS) is 13.5. The second-order valence-corrected chi connectivity index (χ2v) is 6.07. The van der Waals surface area contributed by atoms with E-state index in [1.54, 1.807) is 42.6 Å². The third-order valence-corrected chi connectivity index (χ3v) is 4.94. The molecule has 0 radical (unpaired) electrons. The van der Waals surface area contributed by atoms with Crippen LogP contribution >= 0.6 is 22.9 Å². The fraction of sp³-hybridized carbons (Fsp3) is 0.200. The second-order valence-electron chi connectivity index (χ2n) is 4.81. The van der Waals surface area contributed by atoms with Gasteiger partial charge in [0.2, 0.25) is 0 Å². The van der Waals surface area contributed by atoms with Crippen molar-refractivity contribution < 1.29 is 14.7 Å². The van der Waals surface area contributed by atoms with Crippen LogP contribution in [0.5, 0.6) is 0 Å². The number of rotatable bonds is 4. The van der Waals surface area contributed by atoms with Crippen molar-refractivity contribution in [1.29, 1.82) is 0 Å². The number of benzene rings is 1. The largest absolute Gasteiger partial charge is 0.479 e. The van der Waals surface area contributed by atoms with Crippen molar-refractivity contribution in [2.24, 2.45) is 0 Å². The lowest BCUT2D eigenvalue weighted by molar-refractivity contribution is -0.144. The molecule has 2 rings (SSSR count). The van der Waals surface area contributed by atoms with Gasteiger partial charge in [0.25, 0.3) is 5.91 Å². The molecule has 0 saturated carbocycles. The summed E-state index contributed by atoms with van der Waals surface area (Å²) in [6, 6.07) is 8.56. The van der Waals surface area contributed by atoms with Crippen molar-refractivity contribution in [1.82, 2.24) is 5.32 Å². The fourth-order valence-electron chi connectivity index (χ4n) is 1.89. The third-order valence-electron chi connectivity index (χ3n) is 3.25. The number of thiophene rings is 1. The first-order valence-corrected chi connectivity index (χ1v) is 7.47. The summed E-state index contributed by atoms with van der Waals surface area (Å²) < 4.78 is 0. The minimum absolute atomic E-state index is 0.317. The average Bonchev–Trinajstić information content (AvgIpc) is 2.79. The highest BCUT2D eigenvalue weighted by atomic mass is 35.5. The third kappa shape index (κ3) is 2.94. The molecule has 0 aliphatic carbocycles. The van der Waals surface area contributed by atoms with E-state index in [2.05, 4.69) is 5.32 Å². The van der Waals surface area contributed by atoms with Crippen LogP contribution in [-0.2, 0) is 10.3 Å². The number of carbonyl (C=O) groups excluding carboxylic acids is 1. The summed E-state index contributed by atoms with van der Waals surface area (Å²) in [6.45, 7) is 3.25. The zero-order valence-electron chi connectivity index (χ0n) is 11.5. The van der Waals surface area contributed by atoms with Gasteiger partial charge in [-0.05, 0) is 30.4 Å². The number of carbonyl (C=O) groups is 2. The lowest BCUT2D eigenvalue weighted by Crippen LogP contribution is -2.49. The number of aryl methyl sites for hydroxylation is 1. The van der Waals surface area contributed by atoms with Gasteiger partial charge in [0, 0.05) is 0 Å². The van der Waals surface area contributed by atoms with Crippen molar-refractivity contribution >= 4 is 34.8 Å². The molecule has 0 aliphatic rings. The van der Waals surface area contributed by atoms with Crippen molar-refractivity contribution in [3.8, 4) is 0 Å². The SMILES string of the molecule is Cc1csc(C(=O)NC(C)(C(=O)O)c2ccccc2)c1Cl.